The van der Waals surface area contributed by atoms with Gasteiger partial charge in [0.05, 0.1) is 12.6 Å². The number of hydrogen-bond donors (Lipinski definition) is 0. The smallest absolute Gasteiger partial charge is 0.254 e. The summed E-state index contributed by atoms with van der Waals surface area (Å²) < 4.78 is 35.8. The van der Waals surface area contributed by atoms with Gasteiger partial charge in [0.1, 0.15) is 23.9 Å². The Balaban J connectivity index is 1.37. The van der Waals surface area contributed by atoms with Crippen LogP contribution in [0.4, 0.5) is 4.39 Å². The quantitative estimate of drug-likeness (QED) is 0.429. The van der Waals surface area contributed by atoms with E-state index in [0.29, 0.717) is 29.4 Å². The van der Waals surface area contributed by atoms with E-state index in [1.807, 2.05) is 37.3 Å². The van der Waals surface area contributed by atoms with Gasteiger partial charge in [-0.05, 0) is 73.9 Å². The molecule has 1 fully saturated rings. The van der Waals surface area contributed by atoms with E-state index >= 15 is 0 Å². The first kappa shape index (κ1) is 24.8. The first-order valence-corrected chi connectivity index (χ1v) is 12.3. The van der Waals surface area contributed by atoms with Gasteiger partial charge in [-0.15, -0.1) is 0 Å². The van der Waals surface area contributed by atoms with Gasteiger partial charge in [-0.3, -0.25) is 9.59 Å². The molecule has 2 aliphatic heterocycles. The number of nitrogens with zero attached hydrogens (tertiary/aromatic N) is 2. The fourth-order valence-electron chi connectivity index (χ4n) is 4.54. The first-order valence-electron chi connectivity index (χ1n) is 12.3. The number of fused-ring (bicyclic) bond motifs is 1. The molecule has 1 aromatic heterocycles. The van der Waals surface area contributed by atoms with Gasteiger partial charge in [0.15, 0.2) is 11.5 Å². The van der Waals surface area contributed by atoms with Gasteiger partial charge in [0.2, 0.25) is 12.7 Å². The van der Waals surface area contributed by atoms with E-state index < -0.39 is 5.82 Å². The van der Waals surface area contributed by atoms with Crippen LogP contribution in [-0.2, 0) is 22.6 Å². The van der Waals surface area contributed by atoms with Crippen LogP contribution in [0.5, 0.6) is 11.5 Å². The largest absolute Gasteiger partial charge is 0.464 e. The summed E-state index contributed by atoms with van der Waals surface area (Å²) in [5.74, 6) is 1.66. The predicted octanol–water partition coefficient (Wildman–Crippen LogP) is 4.31. The second kappa shape index (κ2) is 11.0. The van der Waals surface area contributed by atoms with Gasteiger partial charge in [-0.1, -0.05) is 6.07 Å². The summed E-state index contributed by atoms with van der Waals surface area (Å²) in [6.45, 7) is 3.29. The third kappa shape index (κ3) is 6.11. The molecular weight excluding hydrogens is 479 g/mol. The Morgan fingerprint density at radius 2 is 1.78 bits per heavy atom. The van der Waals surface area contributed by atoms with E-state index in [0.717, 1.165) is 24.2 Å². The highest BCUT2D eigenvalue weighted by Gasteiger charge is 2.28. The Morgan fingerprint density at radius 1 is 0.973 bits per heavy atom. The number of furan rings is 1. The zero-order valence-electron chi connectivity index (χ0n) is 20.7. The summed E-state index contributed by atoms with van der Waals surface area (Å²) in [6.07, 6.45) is 1.58. The van der Waals surface area contributed by atoms with Crippen molar-refractivity contribution in [1.29, 1.82) is 0 Å². The second-order valence-electron chi connectivity index (χ2n) is 9.28. The molecule has 0 bridgehead atoms. The monoisotopic (exact) mass is 508 g/mol. The van der Waals surface area contributed by atoms with Gasteiger partial charge in [-0.2, -0.15) is 0 Å². The number of rotatable bonds is 9. The van der Waals surface area contributed by atoms with Crippen LogP contribution in [0.2, 0.25) is 0 Å². The van der Waals surface area contributed by atoms with E-state index in [-0.39, 0.29) is 50.9 Å². The molecule has 0 saturated carbocycles. The van der Waals surface area contributed by atoms with Crippen LogP contribution in [0.25, 0.3) is 0 Å². The Labute approximate surface area is 214 Å². The summed E-state index contributed by atoms with van der Waals surface area (Å²) >= 11 is 0. The molecule has 2 amide bonds. The Morgan fingerprint density at radius 3 is 2.51 bits per heavy atom. The summed E-state index contributed by atoms with van der Waals surface area (Å²) in [5, 5.41) is 0. The van der Waals surface area contributed by atoms with Gasteiger partial charge >= 0.3 is 0 Å². The maximum absolute atomic E-state index is 13.7. The molecular formula is C28H29FN2O6. The second-order valence-corrected chi connectivity index (χ2v) is 9.28. The Hall–Kier alpha value is -3.85. The lowest BCUT2D eigenvalue weighted by Gasteiger charge is -2.29. The predicted molar refractivity (Wildman–Crippen MR) is 132 cm³/mol. The molecule has 0 radical (unpaired) electrons. The summed E-state index contributed by atoms with van der Waals surface area (Å²) in [4.78, 5) is 30.2. The topological polar surface area (TPSA) is 81.5 Å². The van der Waals surface area contributed by atoms with Crippen LogP contribution in [0.3, 0.4) is 0 Å². The minimum Gasteiger partial charge on any atom is -0.464 e. The van der Waals surface area contributed by atoms with Crippen molar-refractivity contribution >= 4 is 11.8 Å². The molecule has 1 saturated heterocycles. The molecule has 2 aromatic carbocycles. The fraction of sp³-hybridized carbons (Fsp3) is 0.357. The van der Waals surface area contributed by atoms with Gasteiger partial charge in [0, 0.05) is 25.3 Å². The van der Waals surface area contributed by atoms with Crippen LogP contribution in [-0.4, -0.2) is 54.2 Å². The van der Waals surface area contributed by atoms with Crippen LogP contribution in [0.1, 0.15) is 40.3 Å². The van der Waals surface area contributed by atoms with Crippen molar-refractivity contribution in [2.45, 2.75) is 39.0 Å². The number of amides is 2. The number of carbonyl (C=O) groups is 2. The average molecular weight is 509 g/mol. The average Bonchev–Trinajstić information content (AvgIpc) is 3.66. The molecule has 0 spiro atoms. The molecule has 5 rings (SSSR count). The third-order valence-corrected chi connectivity index (χ3v) is 6.46. The lowest BCUT2D eigenvalue weighted by molar-refractivity contribution is -0.133. The van der Waals surface area contributed by atoms with Crippen molar-refractivity contribution < 1.29 is 32.6 Å². The molecule has 37 heavy (non-hydrogen) atoms. The molecule has 9 heteroatoms. The van der Waals surface area contributed by atoms with Crippen molar-refractivity contribution in [2.75, 3.05) is 26.5 Å². The van der Waals surface area contributed by atoms with Crippen LogP contribution in [0.15, 0.2) is 59.0 Å². The Kier molecular flexibility index (Phi) is 7.41. The molecule has 1 atom stereocenters. The summed E-state index contributed by atoms with van der Waals surface area (Å²) in [5.41, 5.74) is 1.17. The molecule has 0 aliphatic carbocycles. The molecule has 2 aliphatic rings. The fourth-order valence-corrected chi connectivity index (χ4v) is 4.54. The number of halogens is 1. The molecule has 1 unspecified atom stereocenters. The van der Waals surface area contributed by atoms with Gasteiger partial charge in [-0.25, -0.2) is 4.39 Å². The zero-order valence-corrected chi connectivity index (χ0v) is 20.7. The van der Waals surface area contributed by atoms with Crippen molar-refractivity contribution in [3.8, 4) is 11.5 Å². The number of aryl methyl sites for hydroxylation is 1. The SMILES string of the molecule is Cc1ccc(CN(Cc2ccc3c(c2)OCO3)C(=O)CN(CC2CCCO2)C(=O)c2ccc(F)cc2)o1. The maximum Gasteiger partial charge on any atom is 0.254 e. The van der Waals surface area contributed by atoms with Gasteiger partial charge in [0.25, 0.3) is 5.91 Å². The van der Waals surface area contributed by atoms with Crippen LogP contribution >= 0.6 is 0 Å². The van der Waals surface area contributed by atoms with Crippen molar-refractivity contribution in [3.63, 3.8) is 0 Å². The maximum atomic E-state index is 13.7. The van der Waals surface area contributed by atoms with E-state index in [1.54, 1.807) is 4.90 Å². The van der Waals surface area contributed by atoms with Crippen molar-refractivity contribution in [3.05, 3.63) is 83.1 Å². The van der Waals surface area contributed by atoms with Crippen LogP contribution < -0.4 is 9.47 Å². The van der Waals surface area contributed by atoms with E-state index in [1.165, 1.54) is 29.2 Å². The molecule has 3 heterocycles. The zero-order chi connectivity index (χ0) is 25.8. The number of ether oxygens (including phenoxy) is 3. The highest BCUT2D eigenvalue weighted by Crippen LogP contribution is 2.33. The lowest BCUT2D eigenvalue weighted by atomic mass is 10.1. The number of benzene rings is 2. The number of carbonyl (C=O) groups excluding carboxylic acids is 2. The van der Waals surface area contributed by atoms with Gasteiger partial charge < -0.3 is 28.4 Å². The summed E-state index contributed by atoms with van der Waals surface area (Å²) in [7, 11) is 0. The number of hydrogen-bond acceptors (Lipinski definition) is 6. The normalized spacial score (nSPS) is 16.1. The molecule has 3 aromatic rings. The molecule has 8 nitrogen and oxygen atoms in total. The van der Waals surface area contributed by atoms with E-state index in [4.69, 9.17) is 18.6 Å². The molecule has 0 N–H and O–H groups in total. The van der Waals surface area contributed by atoms with Crippen LogP contribution in [0, 0.1) is 12.7 Å². The van der Waals surface area contributed by atoms with Crippen molar-refractivity contribution in [2.24, 2.45) is 0 Å². The lowest BCUT2D eigenvalue weighted by Crippen LogP contribution is -2.45. The minimum atomic E-state index is -0.429. The Bertz CT molecular complexity index is 1250. The van der Waals surface area contributed by atoms with E-state index in [2.05, 4.69) is 0 Å². The molecule has 194 valence electrons. The van der Waals surface area contributed by atoms with E-state index in [9.17, 15) is 14.0 Å². The third-order valence-electron chi connectivity index (χ3n) is 6.46. The first-order chi connectivity index (χ1) is 17.9. The highest BCUT2D eigenvalue weighted by atomic mass is 19.1. The minimum absolute atomic E-state index is 0.146. The highest BCUT2D eigenvalue weighted by molar-refractivity contribution is 5.96. The summed E-state index contributed by atoms with van der Waals surface area (Å²) in [6, 6.07) is 14.6. The van der Waals surface area contributed by atoms with Crippen molar-refractivity contribution in [1.82, 2.24) is 9.80 Å². The standard InChI is InChI=1S/C28H29FN2O6/c1-19-4-10-24(37-19)16-30(14-20-5-11-25-26(13-20)36-18-35-25)27(32)17-31(15-23-3-2-12-34-23)28(33)21-6-8-22(29)9-7-21/h4-11,13,23H,2-3,12,14-18H2,1H3.